The fourth-order valence-corrected chi connectivity index (χ4v) is 5.18. The highest BCUT2D eigenvalue weighted by molar-refractivity contribution is 6.39. The molecule has 1 aliphatic rings. The normalized spacial score (nSPS) is 21.5. The number of methoxy groups -OCH3 is 1. The summed E-state index contributed by atoms with van der Waals surface area (Å²) in [5.74, 6) is 1.27. The van der Waals surface area contributed by atoms with Crippen molar-refractivity contribution in [2.45, 2.75) is 58.5 Å². The molecule has 0 saturated heterocycles. The molecule has 2 unspecified atom stereocenters. The molecule has 0 spiro atoms. The van der Waals surface area contributed by atoms with Gasteiger partial charge in [-0.25, -0.2) is 4.98 Å². The molecule has 8 heteroatoms. The lowest BCUT2D eigenvalue weighted by Crippen LogP contribution is -2.35. The molecule has 0 amide bonds. The highest BCUT2D eigenvalue weighted by Gasteiger charge is 2.23. The van der Waals surface area contributed by atoms with Gasteiger partial charge < -0.3 is 15.8 Å². The molecular weight excluding hydrogens is 479 g/mol. The number of nitrogen functional groups attached to an aromatic ring is 1. The number of aromatic nitrogens is 1. The summed E-state index contributed by atoms with van der Waals surface area (Å²) >= 11 is 19.8. The minimum Gasteiger partial charge on any atom is -0.495 e. The van der Waals surface area contributed by atoms with Crippen molar-refractivity contribution in [2.24, 2.45) is 5.92 Å². The summed E-state index contributed by atoms with van der Waals surface area (Å²) in [6.07, 6.45) is 10.2. The fraction of sp³-hybridized carbons (Fsp3) is 0.480. The number of benzene rings is 1. The number of nitrogens with zero attached hydrogens (tertiary/aromatic N) is 1. The number of aryl methyl sites for hydroxylation is 1. The summed E-state index contributed by atoms with van der Waals surface area (Å²) in [6, 6.07) is 3.65. The van der Waals surface area contributed by atoms with Gasteiger partial charge in [0.2, 0.25) is 0 Å². The van der Waals surface area contributed by atoms with Crippen molar-refractivity contribution in [3.8, 4) is 5.75 Å². The van der Waals surface area contributed by atoms with Crippen LogP contribution >= 0.6 is 34.8 Å². The van der Waals surface area contributed by atoms with Crippen LogP contribution in [0.25, 0.3) is 5.70 Å². The summed E-state index contributed by atoms with van der Waals surface area (Å²) in [4.78, 5) is 4.11. The first-order chi connectivity index (χ1) is 15.8. The molecule has 0 bridgehead atoms. The van der Waals surface area contributed by atoms with Gasteiger partial charge in [0.15, 0.2) is 0 Å². The van der Waals surface area contributed by atoms with Crippen LogP contribution in [0.3, 0.4) is 0 Å². The van der Waals surface area contributed by atoms with Gasteiger partial charge >= 0.3 is 0 Å². The maximum Gasteiger partial charge on any atom is 0.138 e. The molecule has 1 aromatic heterocycles. The van der Waals surface area contributed by atoms with Gasteiger partial charge in [-0.15, -0.1) is 0 Å². The molecule has 0 radical (unpaired) electrons. The molecule has 0 fully saturated rings. The van der Waals surface area contributed by atoms with E-state index in [0.717, 1.165) is 48.2 Å². The van der Waals surface area contributed by atoms with E-state index in [2.05, 4.69) is 28.6 Å². The van der Waals surface area contributed by atoms with E-state index in [-0.39, 0.29) is 6.17 Å². The first-order valence-corrected chi connectivity index (χ1v) is 12.6. The van der Waals surface area contributed by atoms with Crippen molar-refractivity contribution in [1.82, 2.24) is 15.6 Å². The third kappa shape index (κ3) is 6.48. The Bertz CT molecular complexity index is 996. The predicted molar refractivity (Wildman–Crippen MR) is 140 cm³/mol. The van der Waals surface area contributed by atoms with E-state index >= 15 is 0 Å². The maximum atomic E-state index is 6.78. The number of nitrogens with two attached hydrogens (primary N) is 1. The van der Waals surface area contributed by atoms with E-state index < -0.39 is 0 Å². The SMILES string of the molecule is CCCC1CCC/C=C(/c2c(Cl)c(C)cc(OC)c2Cl)NC(c2cc(Cl)ncc2N)NCC1. The molecule has 180 valence electrons. The van der Waals surface area contributed by atoms with Crippen LogP contribution in [0.15, 0.2) is 24.4 Å². The Morgan fingerprint density at radius 1 is 1.18 bits per heavy atom. The molecule has 1 aromatic carbocycles. The summed E-state index contributed by atoms with van der Waals surface area (Å²) in [5.41, 5.74) is 10.2. The Labute approximate surface area is 212 Å². The Hall–Kier alpha value is -1.66. The quantitative estimate of drug-likeness (QED) is 0.372. The Morgan fingerprint density at radius 3 is 2.70 bits per heavy atom. The van der Waals surface area contributed by atoms with Crippen LogP contribution in [0.2, 0.25) is 15.2 Å². The van der Waals surface area contributed by atoms with Crippen molar-refractivity contribution in [2.75, 3.05) is 19.4 Å². The zero-order chi connectivity index (χ0) is 24.0. The van der Waals surface area contributed by atoms with Crippen molar-refractivity contribution < 1.29 is 4.74 Å². The Morgan fingerprint density at radius 2 is 1.97 bits per heavy atom. The van der Waals surface area contributed by atoms with Crippen LogP contribution in [0.5, 0.6) is 5.75 Å². The first-order valence-electron chi connectivity index (χ1n) is 11.5. The lowest BCUT2D eigenvalue weighted by molar-refractivity contribution is 0.379. The van der Waals surface area contributed by atoms with Crippen molar-refractivity contribution in [3.05, 3.63) is 56.3 Å². The number of halogens is 3. The second-order valence-electron chi connectivity index (χ2n) is 8.56. The third-order valence-corrected chi connectivity index (χ3v) is 7.22. The Balaban J connectivity index is 2.08. The van der Waals surface area contributed by atoms with Gasteiger partial charge in [-0.1, -0.05) is 67.1 Å². The van der Waals surface area contributed by atoms with Crippen molar-refractivity contribution in [1.29, 1.82) is 0 Å². The highest BCUT2D eigenvalue weighted by Crippen LogP contribution is 2.40. The summed E-state index contributed by atoms with van der Waals surface area (Å²) < 4.78 is 5.51. The second kappa shape index (κ2) is 12.2. The standard InChI is InChI=1S/C25H33Cl3N4O/c1-4-7-16-8-5-6-9-19(22-23(27)15(2)12-20(33-3)24(22)28)32-25(30-11-10-16)17-13-21(26)31-14-18(17)29/h9,12-14,16,25,30,32H,4-8,10-11,29H2,1-3H3/b19-9-. The maximum absolute atomic E-state index is 6.78. The number of ether oxygens (including phenoxy) is 1. The van der Waals surface area contributed by atoms with Gasteiger partial charge in [0.25, 0.3) is 0 Å². The summed E-state index contributed by atoms with van der Waals surface area (Å²) in [7, 11) is 1.61. The van der Waals surface area contributed by atoms with E-state index in [0.29, 0.717) is 32.6 Å². The Kier molecular flexibility index (Phi) is 9.57. The highest BCUT2D eigenvalue weighted by atomic mass is 35.5. The van der Waals surface area contributed by atoms with Gasteiger partial charge in [0.05, 0.1) is 29.0 Å². The topological polar surface area (TPSA) is 72.2 Å². The molecule has 3 rings (SSSR count). The van der Waals surface area contributed by atoms with Crippen molar-refractivity contribution in [3.63, 3.8) is 0 Å². The molecular formula is C25H33Cl3N4O. The van der Waals surface area contributed by atoms with E-state index in [4.69, 9.17) is 45.3 Å². The third-order valence-electron chi connectivity index (χ3n) is 6.15. The van der Waals surface area contributed by atoms with Crippen LogP contribution in [0, 0.1) is 12.8 Å². The molecule has 5 nitrogen and oxygen atoms in total. The smallest absolute Gasteiger partial charge is 0.138 e. The van der Waals surface area contributed by atoms with E-state index in [1.165, 1.54) is 19.3 Å². The number of allylic oxidation sites excluding steroid dienone is 1. The molecule has 0 aliphatic carbocycles. The molecule has 1 aliphatic heterocycles. The first kappa shape index (κ1) is 26.0. The largest absolute Gasteiger partial charge is 0.495 e. The average Bonchev–Trinajstić information content (AvgIpc) is 2.83. The van der Waals surface area contributed by atoms with E-state index in [9.17, 15) is 0 Å². The molecule has 2 atom stereocenters. The second-order valence-corrected chi connectivity index (χ2v) is 9.70. The van der Waals surface area contributed by atoms with Gasteiger partial charge in [-0.2, -0.15) is 0 Å². The number of pyridine rings is 1. The number of hydrogen-bond donors (Lipinski definition) is 3. The van der Waals surface area contributed by atoms with Crippen LogP contribution < -0.4 is 21.1 Å². The van der Waals surface area contributed by atoms with Crippen LogP contribution in [0.4, 0.5) is 5.69 Å². The predicted octanol–water partition coefficient (Wildman–Crippen LogP) is 7.15. The minimum absolute atomic E-state index is 0.296. The number of hydrogen-bond acceptors (Lipinski definition) is 5. The van der Waals surface area contributed by atoms with E-state index in [1.807, 2.05) is 13.0 Å². The van der Waals surface area contributed by atoms with Crippen LogP contribution in [-0.4, -0.2) is 18.6 Å². The van der Waals surface area contributed by atoms with Gasteiger partial charge in [0, 0.05) is 16.8 Å². The summed E-state index contributed by atoms with van der Waals surface area (Å²) in [6.45, 7) is 5.03. The number of rotatable bonds is 5. The van der Waals surface area contributed by atoms with Crippen LogP contribution in [0.1, 0.15) is 68.3 Å². The number of anilines is 1. The molecule has 2 heterocycles. The van der Waals surface area contributed by atoms with Crippen LogP contribution in [-0.2, 0) is 0 Å². The molecule has 33 heavy (non-hydrogen) atoms. The van der Waals surface area contributed by atoms with E-state index in [1.54, 1.807) is 19.4 Å². The number of nitrogens with one attached hydrogen (secondary N) is 2. The molecule has 0 saturated carbocycles. The molecule has 2 aromatic rings. The average molecular weight is 512 g/mol. The van der Waals surface area contributed by atoms with Crippen molar-refractivity contribution >= 4 is 46.2 Å². The van der Waals surface area contributed by atoms with Gasteiger partial charge in [-0.3, -0.25) is 5.32 Å². The lowest BCUT2D eigenvalue weighted by Gasteiger charge is -2.27. The van der Waals surface area contributed by atoms with Gasteiger partial charge in [0.1, 0.15) is 17.1 Å². The minimum atomic E-state index is -0.296. The van der Waals surface area contributed by atoms with Gasteiger partial charge in [-0.05, 0) is 56.3 Å². The fourth-order valence-electron chi connectivity index (χ4n) is 4.38. The lowest BCUT2D eigenvalue weighted by atomic mass is 9.93. The zero-order valence-corrected chi connectivity index (χ0v) is 21.7. The zero-order valence-electron chi connectivity index (χ0n) is 19.5. The molecule has 4 N–H and O–H groups in total. The summed E-state index contributed by atoms with van der Waals surface area (Å²) in [5, 5.41) is 8.72. The monoisotopic (exact) mass is 510 g/mol.